The standard InChI is InChI=1S/C16H23NO/c1-5-12-10-17(11-12)15(18)13-7-6-8-14(9-13)16(2,3)4/h6-9,12H,5,10-11H2,1-4H3. The van der Waals surface area contributed by atoms with Gasteiger partial charge >= 0.3 is 0 Å². The number of benzene rings is 1. The normalized spacial score (nSPS) is 16.6. The summed E-state index contributed by atoms with van der Waals surface area (Å²) in [6.45, 7) is 10.6. The van der Waals surface area contributed by atoms with Crippen molar-refractivity contribution in [2.75, 3.05) is 13.1 Å². The summed E-state index contributed by atoms with van der Waals surface area (Å²) in [6.07, 6.45) is 1.17. The second-order valence-corrected chi connectivity index (χ2v) is 6.32. The summed E-state index contributed by atoms with van der Waals surface area (Å²) in [5, 5.41) is 0. The molecule has 2 heteroatoms. The van der Waals surface area contributed by atoms with Crippen LogP contribution in [-0.4, -0.2) is 23.9 Å². The molecule has 0 unspecified atom stereocenters. The average Bonchev–Trinajstić information content (AvgIpc) is 2.26. The monoisotopic (exact) mass is 245 g/mol. The fourth-order valence-corrected chi connectivity index (χ4v) is 2.30. The van der Waals surface area contributed by atoms with Crippen molar-refractivity contribution in [2.45, 2.75) is 39.5 Å². The minimum atomic E-state index is 0.0944. The molecule has 1 saturated heterocycles. The van der Waals surface area contributed by atoms with Gasteiger partial charge in [0.25, 0.3) is 5.91 Å². The number of carbonyl (C=O) groups is 1. The lowest BCUT2D eigenvalue weighted by Gasteiger charge is -2.39. The Morgan fingerprint density at radius 3 is 2.56 bits per heavy atom. The van der Waals surface area contributed by atoms with Gasteiger partial charge in [-0.2, -0.15) is 0 Å². The van der Waals surface area contributed by atoms with Gasteiger partial charge in [0.2, 0.25) is 0 Å². The quantitative estimate of drug-likeness (QED) is 0.781. The molecule has 0 atom stereocenters. The molecule has 1 aromatic rings. The van der Waals surface area contributed by atoms with Crippen molar-refractivity contribution in [3.63, 3.8) is 0 Å². The Hall–Kier alpha value is -1.31. The molecule has 0 bridgehead atoms. The van der Waals surface area contributed by atoms with Gasteiger partial charge < -0.3 is 4.90 Å². The Labute approximate surface area is 110 Å². The molecule has 2 rings (SSSR count). The smallest absolute Gasteiger partial charge is 0.253 e. The Bertz CT molecular complexity index is 439. The molecule has 1 aliphatic heterocycles. The minimum absolute atomic E-state index is 0.0944. The highest BCUT2D eigenvalue weighted by atomic mass is 16.2. The SMILES string of the molecule is CCC1CN(C(=O)c2cccc(C(C)(C)C)c2)C1. The van der Waals surface area contributed by atoms with Crippen molar-refractivity contribution < 1.29 is 4.79 Å². The lowest BCUT2D eigenvalue weighted by molar-refractivity contribution is 0.0494. The fourth-order valence-electron chi connectivity index (χ4n) is 2.30. The Balaban J connectivity index is 2.12. The molecule has 2 nitrogen and oxygen atoms in total. The predicted molar refractivity (Wildman–Crippen MR) is 74.8 cm³/mol. The average molecular weight is 245 g/mol. The third-order valence-corrected chi connectivity index (χ3v) is 3.80. The molecule has 0 saturated carbocycles. The van der Waals surface area contributed by atoms with E-state index in [4.69, 9.17) is 0 Å². The van der Waals surface area contributed by atoms with E-state index in [0.29, 0.717) is 5.92 Å². The number of rotatable bonds is 2. The van der Waals surface area contributed by atoms with Crippen LogP contribution in [0, 0.1) is 5.92 Å². The highest BCUT2D eigenvalue weighted by molar-refractivity contribution is 5.95. The summed E-state index contributed by atoms with van der Waals surface area (Å²) in [7, 11) is 0. The highest BCUT2D eigenvalue weighted by Crippen LogP contribution is 2.25. The molecule has 0 aromatic heterocycles. The summed E-state index contributed by atoms with van der Waals surface area (Å²) in [6, 6.07) is 8.06. The van der Waals surface area contributed by atoms with Crippen LogP contribution in [-0.2, 0) is 5.41 Å². The van der Waals surface area contributed by atoms with Crippen LogP contribution in [0.25, 0.3) is 0 Å². The molecule has 1 heterocycles. The van der Waals surface area contributed by atoms with Crippen LogP contribution >= 0.6 is 0 Å². The lowest BCUT2D eigenvalue weighted by Crippen LogP contribution is -2.49. The van der Waals surface area contributed by atoms with E-state index in [1.807, 2.05) is 23.1 Å². The first-order chi connectivity index (χ1) is 8.41. The molecule has 1 amide bonds. The zero-order valence-corrected chi connectivity index (χ0v) is 11.9. The van der Waals surface area contributed by atoms with Crippen molar-refractivity contribution in [3.8, 4) is 0 Å². The summed E-state index contributed by atoms with van der Waals surface area (Å²) < 4.78 is 0. The number of carbonyl (C=O) groups excluding carboxylic acids is 1. The van der Waals surface area contributed by atoms with Crippen molar-refractivity contribution in [3.05, 3.63) is 35.4 Å². The van der Waals surface area contributed by atoms with Gasteiger partial charge in [0, 0.05) is 18.7 Å². The van der Waals surface area contributed by atoms with E-state index in [0.717, 1.165) is 18.7 Å². The Kier molecular flexibility index (Phi) is 3.47. The first-order valence-corrected chi connectivity index (χ1v) is 6.81. The molecule has 1 aromatic carbocycles. The van der Waals surface area contributed by atoms with Crippen LogP contribution in [0.5, 0.6) is 0 Å². The van der Waals surface area contributed by atoms with Crippen LogP contribution < -0.4 is 0 Å². The molecular formula is C16H23NO. The van der Waals surface area contributed by atoms with E-state index < -0.39 is 0 Å². The zero-order chi connectivity index (χ0) is 13.3. The van der Waals surface area contributed by atoms with Crippen molar-refractivity contribution in [2.24, 2.45) is 5.92 Å². The van der Waals surface area contributed by atoms with Crippen molar-refractivity contribution >= 4 is 5.91 Å². The van der Waals surface area contributed by atoms with Gasteiger partial charge in [-0.3, -0.25) is 4.79 Å². The van der Waals surface area contributed by atoms with E-state index in [2.05, 4.69) is 33.8 Å². The third-order valence-electron chi connectivity index (χ3n) is 3.80. The molecule has 1 fully saturated rings. The maximum absolute atomic E-state index is 12.3. The molecular weight excluding hydrogens is 222 g/mol. The van der Waals surface area contributed by atoms with Gasteiger partial charge in [-0.25, -0.2) is 0 Å². The van der Waals surface area contributed by atoms with Gasteiger partial charge in [0.05, 0.1) is 0 Å². The number of likely N-dealkylation sites (tertiary alicyclic amines) is 1. The second kappa shape index (κ2) is 4.75. The van der Waals surface area contributed by atoms with Crippen molar-refractivity contribution in [1.29, 1.82) is 0 Å². The number of nitrogens with zero attached hydrogens (tertiary/aromatic N) is 1. The molecule has 98 valence electrons. The molecule has 0 aliphatic carbocycles. The highest BCUT2D eigenvalue weighted by Gasteiger charge is 2.30. The number of hydrogen-bond donors (Lipinski definition) is 0. The van der Waals surface area contributed by atoms with Crippen LogP contribution in [0.3, 0.4) is 0 Å². The number of hydrogen-bond acceptors (Lipinski definition) is 1. The molecule has 18 heavy (non-hydrogen) atoms. The Morgan fingerprint density at radius 2 is 2.00 bits per heavy atom. The second-order valence-electron chi connectivity index (χ2n) is 6.32. The topological polar surface area (TPSA) is 20.3 Å². The van der Waals surface area contributed by atoms with Gasteiger partial charge in [-0.1, -0.05) is 39.8 Å². The molecule has 1 aliphatic rings. The summed E-state index contributed by atoms with van der Waals surface area (Å²) in [4.78, 5) is 14.2. The maximum Gasteiger partial charge on any atom is 0.253 e. The lowest BCUT2D eigenvalue weighted by atomic mass is 9.86. The van der Waals surface area contributed by atoms with Gasteiger partial charge in [0.15, 0.2) is 0 Å². The van der Waals surface area contributed by atoms with Gasteiger partial charge in [-0.15, -0.1) is 0 Å². The van der Waals surface area contributed by atoms with Gasteiger partial charge in [-0.05, 0) is 35.4 Å². The van der Waals surface area contributed by atoms with E-state index in [9.17, 15) is 4.79 Å². The molecule has 0 spiro atoms. The van der Waals surface area contributed by atoms with Crippen LogP contribution in [0.1, 0.15) is 50.0 Å². The third kappa shape index (κ3) is 2.58. The summed E-state index contributed by atoms with van der Waals surface area (Å²) in [5.74, 6) is 0.894. The largest absolute Gasteiger partial charge is 0.338 e. The molecule has 0 N–H and O–H groups in total. The van der Waals surface area contributed by atoms with E-state index in [1.165, 1.54) is 12.0 Å². The van der Waals surface area contributed by atoms with Crippen LogP contribution in [0.15, 0.2) is 24.3 Å². The zero-order valence-electron chi connectivity index (χ0n) is 11.9. The first kappa shape index (κ1) is 13.1. The number of amides is 1. The van der Waals surface area contributed by atoms with E-state index >= 15 is 0 Å². The van der Waals surface area contributed by atoms with E-state index in [-0.39, 0.29) is 11.3 Å². The van der Waals surface area contributed by atoms with Crippen LogP contribution in [0.2, 0.25) is 0 Å². The van der Waals surface area contributed by atoms with Gasteiger partial charge in [0.1, 0.15) is 0 Å². The predicted octanol–water partition coefficient (Wildman–Crippen LogP) is 3.47. The first-order valence-electron chi connectivity index (χ1n) is 6.81. The minimum Gasteiger partial charge on any atom is -0.338 e. The fraction of sp³-hybridized carbons (Fsp3) is 0.562. The molecule has 0 radical (unpaired) electrons. The van der Waals surface area contributed by atoms with E-state index in [1.54, 1.807) is 0 Å². The Morgan fingerprint density at radius 1 is 1.33 bits per heavy atom. The summed E-state index contributed by atoms with van der Waals surface area (Å²) in [5.41, 5.74) is 2.15. The maximum atomic E-state index is 12.3. The van der Waals surface area contributed by atoms with Crippen molar-refractivity contribution in [1.82, 2.24) is 4.90 Å². The van der Waals surface area contributed by atoms with Crippen LogP contribution in [0.4, 0.5) is 0 Å². The summed E-state index contributed by atoms with van der Waals surface area (Å²) >= 11 is 0.